The summed E-state index contributed by atoms with van der Waals surface area (Å²) in [6.07, 6.45) is 2.22. The van der Waals surface area contributed by atoms with Crippen molar-refractivity contribution in [1.29, 1.82) is 0 Å². The Morgan fingerprint density at radius 1 is 1.16 bits per heavy atom. The summed E-state index contributed by atoms with van der Waals surface area (Å²) < 4.78 is 7.86. The predicted molar refractivity (Wildman–Crippen MR) is 125 cm³/mol. The first-order chi connectivity index (χ1) is 13.9. The highest BCUT2D eigenvalue weighted by Gasteiger charge is 2.47. The number of carbonyl (C=O) groups excluding carboxylic acids is 2. The summed E-state index contributed by atoms with van der Waals surface area (Å²) in [6, 6.07) is -1.10. The van der Waals surface area contributed by atoms with Gasteiger partial charge in [0.25, 0.3) is 0 Å². The van der Waals surface area contributed by atoms with Crippen LogP contribution in [0.1, 0.15) is 54.0 Å². The number of likely N-dealkylation sites (tertiary alicyclic amines) is 1. The maximum atomic E-state index is 13.9. The minimum absolute atomic E-state index is 0.0811. The van der Waals surface area contributed by atoms with Crippen molar-refractivity contribution in [2.24, 2.45) is 5.41 Å². The summed E-state index contributed by atoms with van der Waals surface area (Å²) in [5, 5.41) is 9.70. The maximum Gasteiger partial charge on any atom is 0.248 e. The molecular formula is C22H41N5O3Si. The Bertz CT molecular complexity index is 801. The van der Waals surface area contributed by atoms with E-state index in [1.807, 2.05) is 47.7 Å². The van der Waals surface area contributed by atoms with Crippen LogP contribution in [0.4, 0.5) is 0 Å². The number of hydrogen-bond donors (Lipinski definition) is 0. The molecule has 0 aromatic carbocycles. The first-order valence-corrected chi connectivity index (χ1v) is 14.5. The van der Waals surface area contributed by atoms with Gasteiger partial charge in [-0.3, -0.25) is 9.59 Å². The van der Waals surface area contributed by atoms with Gasteiger partial charge in [0.15, 0.2) is 0 Å². The normalized spacial score (nSPS) is 21.3. The van der Waals surface area contributed by atoms with Crippen LogP contribution in [0.3, 0.4) is 0 Å². The van der Waals surface area contributed by atoms with Crippen LogP contribution in [-0.2, 0) is 14.3 Å². The van der Waals surface area contributed by atoms with Gasteiger partial charge in [0, 0.05) is 33.3 Å². The van der Waals surface area contributed by atoms with Gasteiger partial charge in [-0.25, -0.2) is 4.68 Å². The van der Waals surface area contributed by atoms with Gasteiger partial charge in [-0.15, -0.1) is 5.10 Å². The van der Waals surface area contributed by atoms with Crippen LogP contribution in [0.15, 0.2) is 6.20 Å². The molecule has 1 saturated heterocycles. The zero-order valence-corrected chi connectivity index (χ0v) is 22.2. The van der Waals surface area contributed by atoms with Gasteiger partial charge in [-0.2, -0.15) is 0 Å². The number of amides is 2. The number of aromatic nitrogens is 3. The fraction of sp³-hybridized carbons (Fsp3) is 0.818. The van der Waals surface area contributed by atoms with Gasteiger partial charge in [0.2, 0.25) is 11.8 Å². The van der Waals surface area contributed by atoms with E-state index in [4.69, 9.17) is 4.74 Å². The molecular weight excluding hydrogens is 410 g/mol. The fourth-order valence-corrected chi connectivity index (χ4v) is 4.81. The third-order valence-corrected chi connectivity index (χ3v) is 7.16. The standard InChI is InChI=1S/C22H41N5O3Si/c1-21(2,3)18(27-14-17(23-24-27)31(9,10)11)20(29)26-13-15(30-22(4,5)6)12-16(26)19(28)25(7)8/h14-16,18H,12-13H2,1-11H3/t15-,16+,18-/m1/s1. The van der Waals surface area contributed by atoms with E-state index in [2.05, 4.69) is 30.0 Å². The third kappa shape index (κ3) is 6.16. The molecule has 0 bridgehead atoms. The van der Waals surface area contributed by atoms with Crippen molar-refractivity contribution in [2.75, 3.05) is 20.6 Å². The maximum absolute atomic E-state index is 13.9. The Kier molecular flexibility index (Phi) is 7.12. The van der Waals surface area contributed by atoms with Gasteiger partial charge < -0.3 is 14.5 Å². The van der Waals surface area contributed by atoms with Gasteiger partial charge in [0.05, 0.1) is 17.0 Å². The van der Waals surface area contributed by atoms with Gasteiger partial charge >= 0.3 is 0 Å². The molecule has 31 heavy (non-hydrogen) atoms. The Balaban J connectivity index is 2.43. The molecule has 1 aliphatic rings. The third-order valence-electron chi connectivity index (χ3n) is 5.39. The van der Waals surface area contributed by atoms with Crippen molar-refractivity contribution in [1.82, 2.24) is 24.8 Å². The molecule has 1 aromatic heterocycles. The average Bonchev–Trinajstić information content (AvgIpc) is 3.18. The minimum atomic E-state index is -1.67. The van der Waals surface area contributed by atoms with Crippen LogP contribution in [-0.4, -0.2) is 83.1 Å². The van der Waals surface area contributed by atoms with E-state index >= 15 is 0 Å². The van der Waals surface area contributed by atoms with Gasteiger partial charge in [-0.1, -0.05) is 45.6 Å². The second-order valence-electron chi connectivity index (χ2n) is 11.9. The lowest BCUT2D eigenvalue weighted by Gasteiger charge is -2.35. The summed E-state index contributed by atoms with van der Waals surface area (Å²) in [4.78, 5) is 30.1. The summed E-state index contributed by atoms with van der Waals surface area (Å²) in [7, 11) is 1.78. The monoisotopic (exact) mass is 451 g/mol. The zero-order valence-electron chi connectivity index (χ0n) is 21.2. The molecule has 0 unspecified atom stereocenters. The highest BCUT2D eigenvalue weighted by molar-refractivity contribution is 6.88. The molecule has 2 heterocycles. The van der Waals surface area contributed by atoms with Crippen molar-refractivity contribution in [3.8, 4) is 0 Å². The lowest BCUT2D eigenvalue weighted by Crippen LogP contribution is -2.50. The number of nitrogens with zero attached hydrogens (tertiary/aromatic N) is 5. The summed E-state index contributed by atoms with van der Waals surface area (Å²) in [6.45, 7) is 19.0. The molecule has 176 valence electrons. The lowest BCUT2D eigenvalue weighted by atomic mass is 9.85. The van der Waals surface area contributed by atoms with Crippen molar-refractivity contribution >= 4 is 25.2 Å². The highest BCUT2D eigenvalue weighted by atomic mass is 28.3. The van der Waals surface area contributed by atoms with Crippen LogP contribution in [0.2, 0.25) is 19.6 Å². The largest absolute Gasteiger partial charge is 0.371 e. The molecule has 0 radical (unpaired) electrons. The van der Waals surface area contributed by atoms with Crippen LogP contribution in [0.25, 0.3) is 0 Å². The van der Waals surface area contributed by atoms with Crippen LogP contribution in [0.5, 0.6) is 0 Å². The summed E-state index contributed by atoms with van der Waals surface area (Å²) >= 11 is 0. The van der Waals surface area contributed by atoms with E-state index in [0.29, 0.717) is 13.0 Å². The second kappa shape index (κ2) is 8.65. The van der Waals surface area contributed by atoms with E-state index in [1.165, 1.54) is 0 Å². The van der Waals surface area contributed by atoms with Crippen molar-refractivity contribution in [2.45, 2.75) is 91.4 Å². The first-order valence-electron chi connectivity index (χ1n) is 11.0. The molecule has 2 rings (SSSR count). The summed E-state index contributed by atoms with van der Waals surface area (Å²) in [5.41, 5.74) is -0.757. The van der Waals surface area contributed by atoms with Crippen molar-refractivity contribution < 1.29 is 14.3 Å². The van der Waals surface area contributed by atoms with Crippen molar-refractivity contribution in [3.05, 3.63) is 6.20 Å². The molecule has 0 aliphatic carbocycles. The Hall–Kier alpha value is -1.74. The number of ether oxygens (including phenoxy) is 1. The first kappa shape index (κ1) is 25.5. The number of hydrogen-bond acceptors (Lipinski definition) is 5. The molecule has 9 heteroatoms. The molecule has 1 aliphatic heterocycles. The number of rotatable bonds is 5. The Morgan fingerprint density at radius 2 is 1.74 bits per heavy atom. The predicted octanol–water partition coefficient (Wildman–Crippen LogP) is 2.28. The number of likely N-dealkylation sites (N-methyl/N-ethyl adjacent to an activating group) is 1. The van der Waals surface area contributed by atoms with Crippen LogP contribution >= 0.6 is 0 Å². The molecule has 3 atom stereocenters. The minimum Gasteiger partial charge on any atom is -0.371 e. The van der Waals surface area contributed by atoms with Gasteiger partial charge in [0.1, 0.15) is 20.2 Å². The van der Waals surface area contributed by atoms with E-state index in [-0.39, 0.29) is 23.5 Å². The smallest absolute Gasteiger partial charge is 0.248 e. The average molecular weight is 452 g/mol. The second-order valence-corrected chi connectivity index (χ2v) is 16.9. The molecule has 0 spiro atoms. The zero-order chi connectivity index (χ0) is 23.9. The van der Waals surface area contributed by atoms with Crippen LogP contribution < -0.4 is 5.32 Å². The molecule has 1 fully saturated rings. The molecule has 8 nitrogen and oxygen atoms in total. The summed E-state index contributed by atoms with van der Waals surface area (Å²) in [5.74, 6) is -0.192. The van der Waals surface area contributed by atoms with E-state index in [9.17, 15) is 9.59 Å². The molecule has 1 aromatic rings. The molecule has 2 amide bonds. The van der Waals surface area contributed by atoms with Crippen molar-refractivity contribution in [3.63, 3.8) is 0 Å². The highest BCUT2D eigenvalue weighted by Crippen LogP contribution is 2.35. The number of carbonyl (C=O) groups is 2. The molecule has 0 saturated carbocycles. The van der Waals surface area contributed by atoms with Crippen LogP contribution in [0, 0.1) is 5.41 Å². The van der Waals surface area contributed by atoms with E-state index in [1.54, 1.807) is 28.6 Å². The fourth-order valence-electron chi connectivity index (χ4n) is 3.94. The molecule has 0 N–H and O–H groups in total. The Labute approximate surface area is 188 Å². The van der Waals surface area contributed by atoms with E-state index < -0.39 is 25.6 Å². The lowest BCUT2D eigenvalue weighted by molar-refractivity contribution is -0.147. The van der Waals surface area contributed by atoms with Gasteiger partial charge in [-0.05, 0) is 26.2 Å². The van der Waals surface area contributed by atoms with E-state index in [0.717, 1.165) is 5.32 Å². The Morgan fingerprint density at radius 3 is 2.16 bits per heavy atom. The topological polar surface area (TPSA) is 80.6 Å². The SMILES string of the molecule is CN(C)C(=O)[C@@H]1C[C@@H](OC(C)(C)C)CN1C(=O)[C@@H](n1cc([Si](C)(C)C)nn1)C(C)(C)C. The quantitative estimate of drug-likeness (QED) is 0.642.